The second-order valence-electron chi connectivity index (χ2n) is 8.21. The minimum absolute atomic E-state index is 0.112. The summed E-state index contributed by atoms with van der Waals surface area (Å²) in [7, 11) is 0. The van der Waals surface area contributed by atoms with E-state index in [2.05, 4.69) is 26.3 Å². The van der Waals surface area contributed by atoms with E-state index < -0.39 is 5.60 Å². The smallest absolute Gasteiger partial charge is 0.204 e. The normalized spacial score (nSPS) is 19.5. The monoisotopic (exact) mass is 462 g/mol. The molecule has 4 rings (SSSR count). The summed E-state index contributed by atoms with van der Waals surface area (Å²) in [5, 5.41) is 11.7. The highest BCUT2D eigenvalue weighted by Crippen LogP contribution is 2.56. The predicted octanol–water partition coefficient (Wildman–Crippen LogP) is 4.76. The second kappa shape index (κ2) is 10.1. The van der Waals surface area contributed by atoms with Crippen molar-refractivity contribution in [1.29, 1.82) is 0 Å². The third-order valence-corrected chi connectivity index (χ3v) is 5.85. The fourth-order valence-corrected chi connectivity index (χ4v) is 4.55. The van der Waals surface area contributed by atoms with Crippen molar-refractivity contribution in [3.05, 3.63) is 91.6 Å². The average molecular weight is 463 g/mol. The minimum atomic E-state index is -1.11. The highest BCUT2D eigenvalue weighted by Gasteiger charge is 2.51. The number of hydrogen-bond acceptors (Lipinski definition) is 6. The number of rotatable bonds is 12. The lowest BCUT2D eigenvalue weighted by Gasteiger charge is -2.37. The highest BCUT2D eigenvalue weighted by molar-refractivity contribution is 5.64. The zero-order chi connectivity index (χ0) is 24.1. The summed E-state index contributed by atoms with van der Waals surface area (Å²) in [4.78, 5) is 0. The summed E-state index contributed by atoms with van der Waals surface area (Å²) in [6, 6.07) is 7.64. The van der Waals surface area contributed by atoms with E-state index in [9.17, 15) is 5.11 Å². The topological polar surface area (TPSA) is 66.4 Å². The first-order valence-corrected chi connectivity index (χ1v) is 11.2. The third-order valence-electron chi connectivity index (χ3n) is 5.85. The van der Waals surface area contributed by atoms with Gasteiger partial charge in [0.25, 0.3) is 0 Å². The van der Waals surface area contributed by atoms with E-state index in [-0.39, 0.29) is 12.5 Å². The Hall–Kier alpha value is -3.64. The molecular formula is C28H30O6. The van der Waals surface area contributed by atoms with Crippen LogP contribution in [-0.2, 0) is 6.42 Å². The molecule has 2 aliphatic rings. The van der Waals surface area contributed by atoms with Crippen LogP contribution in [0.3, 0.4) is 0 Å². The maximum absolute atomic E-state index is 11.7. The van der Waals surface area contributed by atoms with Gasteiger partial charge in [-0.2, -0.15) is 0 Å². The molecule has 0 radical (unpaired) electrons. The van der Waals surface area contributed by atoms with Gasteiger partial charge in [-0.1, -0.05) is 56.7 Å². The van der Waals surface area contributed by atoms with E-state index in [1.54, 1.807) is 24.3 Å². The van der Waals surface area contributed by atoms with Gasteiger partial charge >= 0.3 is 0 Å². The molecule has 0 aromatic heterocycles. The van der Waals surface area contributed by atoms with Crippen molar-refractivity contribution in [2.24, 2.45) is 0 Å². The predicted molar refractivity (Wildman–Crippen MR) is 132 cm³/mol. The fraction of sp³-hybridized carbons (Fsp3) is 0.286. The molecule has 6 nitrogen and oxygen atoms in total. The molecule has 2 atom stereocenters. The first-order valence-electron chi connectivity index (χ1n) is 11.2. The SMILES string of the molecule is C=CCOc1cc2c(cc1OCC=C)C1c3ccc(OCC=C)c(OCC=C)c3OCC1(O)C2. The molecule has 0 fully saturated rings. The molecule has 0 bridgehead atoms. The Bertz CT molecular complexity index is 1100. The summed E-state index contributed by atoms with van der Waals surface area (Å²) in [5.41, 5.74) is 1.66. The highest BCUT2D eigenvalue weighted by atomic mass is 16.5. The Balaban J connectivity index is 1.81. The van der Waals surface area contributed by atoms with E-state index in [0.29, 0.717) is 61.6 Å². The number of hydrogen-bond donors (Lipinski definition) is 1. The molecule has 1 heterocycles. The van der Waals surface area contributed by atoms with Crippen molar-refractivity contribution in [2.75, 3.05) is 33.0 Å². The molecule has 0 saturated heterocycles. The van der Waals surface area contributed by atoms with Crippen LogP contribution in [0.1, 0.15) is 22.6 Å². The van der Waals surface area contributed by atoms with E-state index >= 15 is 0 Å². The Morgan fingerprint density at radius 2 is 1.41 bits per heavy atom. The summed E-state index contributed by atoms with van der Waals surface area (Å²) >= 11 is 0. The van der Waals surface area contributed by atoms with Crippen molar-refractivity contribution in [1.82, 2.24) is 0 Å². The molecule has 1 N–H and O–H groups in total. The largest absolute Gasteiger partial charge is 0.486 e. The standard InChI is InChI=1S/C28H30O6/c1-5-11-30-22-10-9-20-25-21-16-24(32-13-7-3)23(31-12-6-2)15-19(21)17-28(25,29)18-34-26(20)27(22)33-14-8-4/h5-10,15-16,25,29H,1-4,11-14,17-18H2. The van der Waals surface area contributed by atoms with Gasteiger partial charge in [0.1, 0.15) is 38.6 Å². The first kappa shape index (κ1) is 23.5. The molecule has 2 aromatic rings. The van der Waals surface area contributed by atoms with Crippen LogP contribution in [0.25, 0.3) is 0 Å². The van der Waals surface area contributed by atoms with Crippen LogP contribution in [0.4, 0.5) is 0 Å². The van der Waals surface area contributed by atoms with Gasteiger partial charge in [0.2, 0.25) is 5.75 Å². The van der Waals surface area contributed by atoms with Crippen molar-refractivity contribution < 1.29 is 28.8 Å². The molecule has 2 aromatic carbocycles. The lowest BCUT2D eigenvalue weighted by Crippen LogP contribution is -2.44. The lowest BCUT2D eigenvalue weighted by molar-refractivity contribution is -0.0229. The summed E-state index contributed by atoms with van der Waals surface area (Å²) in [6.45, 7) is 16.3. The molecule has 1 aliphatic heterocycles. The lowest BCUT2D eigenvalue weighted by atomic mass is 9.80. The van der Waals surface area contributed by atoms with Gasteiger partial charge in [-0.3, -0.25) is 0 Å². The van der Waals surface area contributed by atoms with E-state index in [1.807, 2.05) is 24.3 Å². The number of benzene rings is 2. The van der Waals surface area contributed by atoms with Crippen molar-refractivity contribution >= 4 is 0 Å². The fourth-order valence-electron chi connectivity index (χ4n) is 4.55. The molecule has 0 amide bonds. The number of fused-ring (bicyclic) bond motifs is 5. The molecule has 0 spiro atoms. The van der Waals surface area contributed by atoms with E-state index in [4.69, 9.17) is 23.7 Å². The third kappa shape index (κ3) is 4.29. The second-order valence-corrected chi connectivity index (χ2v) is 8.21. The van der Waals surface area contributed by atoms with Crippen molar-refractivity contribution in [2.45, 2.75) is 17.9 Å². The first-order chi connectivity index (χ1) is 16.6. The zero-order valence-electron chi connectivity index (χ0n) is 19.3. The van der Waals surface area contributed by atoms with Crippen LogP contribution in [0.5, 0.6) is 28.7 Å². The van der Waals surface area contributed by atoms with Crippen LogP contribution in [0.2, 0.25) is 0 Å². The van der Waals surface area contributed by atoms with Gasteiger partial charge in [-0.05, 0) is 29.3 Å². The molecule has 6 heteroatoms. The maximum atomic E-state index is 11.7. The maximum Gasteiger partial charge on any atom is 0.204 e. The van der Waals surface area contributed by atoms with Gasteiger partial charge in [-0.15, -0.1) is 0 Å². The Morgan fingerprint density at radius 1 is 0.824 bits per heavy atom. The quantitative estimate of drug-likeness (QED) is 0.459. The number of ether oxygens (including phenoxy) is 5. The number of aliphatic hydroxyl groups is 1. The Morgan fingerprint density at radius 3 is 2.06 bits per heavy atom. The molecule has 2 unspecified atom stereocenters. The van der Waals surface area contributed by atoms with Gasteiger partial charge in [0, 0.05) is 17.9 Å². The molecule has 34 heavy (non-hydrogen) atoms. The zero-order valence-corrected chi connectivity index (χ0v) is 19.3. The molecule has 1 aliphatic carbocycles. The Kier molecular flexibility index (Phi) is 6.98. The van der Waals surface area contributed by atoms with E-state index in [0.717, 1.165) is 16.7 Å². The van der Waals surface area contributed by atoms with Gasteiger partial charge in [-0.25, -0.2) is 0 Å². The van der Waals surface area contributed by atoms with Crippen LogP contribution in [0, 0.1) is 0 Å². The van der Waals surface area contributed by atoms with Crippen LogP contribution >= 0.6 is 0 Å². The summed E-state index contributed by atoms with van der Waals surface area (Å²) in [5.74, 6) is 2.46. The summed E-state index contributed by atoms with van der Waals surface area (Å²) in [6.07, 6.45) is 7.11. The van der Waals surface area contributed by atoms with Crippen LogP contribution in [-0.4, -0.2) is 43.7 Å². The molecule has 0 saturated carbocycles. The average Bonchev–Trinajstić information content (AvgIpc) is 3.14. The van der Waals surface area contributed by atoms with Crippen LogP contribution in [0.15, 0.2) is 74.9 Å². The molecular weight excluding hydrogens is 432 g/mol. The molecule has 178 valence electrons. The Labute approximate surface area is 200 Å². The summed E-state index contributed by atoms with van der Waals surface area (Å²) < 4.78 is 29.6. The van der Waals surface area contributed by atoms with E-state index in [1.165, 1.54) is 0 Å². The van der Waals surface area contributed by atoms with Gasteiger partial charge < -0.3 is 28.8 Å². The van der Waals surface area contributed by atoms with Gasteiger partial charge in [0.05, 0.1) is 0 Å². The van der Waals surface area contributed by atoms with Crippen molar-refractivity contribution in [3.8, 4) is 28.7 Å². The van der Waals surface area contributed by atoms with Crippen LogP contribution < -0.4 is 23.7 Å². The van der Waals surface area contributed by atoms with Crippen molar-refractivity contribution in [3.63, 3.8) is 0 Å². The van der Waals surface area contributed by atoms with Gasteiger partial charge in [0.15, 0.2) is 23.0 Å². The minimum Gasteiger partial charge on any atom is -0.486 e.